The number of rotatable bonds is 4. The summed E-state index contributed by atoms with van der Waals surface area (Å²) in [6.07, 6.45) is 3.08. The van der Waals surface area contributed by atoms with Crippen molar-refractivity contribution in [1.29, 1.82) is 0 Å². The van der Waals surface area contributed by atoms with E-state index in [4.69, 9.17) is 0 Å². The monoisotopic (exact) mass is 314 g/mol. The molecule has 1 saturated heterocycles. The molecule has 0 radical (unpaired) electrons. The predicted molar refractivity (Wildman–Crippen MR) is 88.7 cm³/mol. The van der Waals surface area contributed by atoms with Gasteiger partial charge in [-0.3, -0.25) is 14.6 Å². The number of hydrogen-bond acceptors (Lipinski definition) is 4. The van der Waals surface area contributed by atoms with Crippen LogP contribution in [0.4, 0.5) is 0 Å². The highest BCUT2D eigenvalue weighted by atomic mass is 32.2. The number of hydrogen-bond donors (Lipinski definition) is 0. The normalized spacial score (nSPS) is 18.1. The Balaban J connectivity index is 1.67. The Bertz CT molecular complexity index is 711. The van der Waals surface area contributed by atoms with Crippen molar-refractivity contribution >= 4 is 33.7 Å². The number of thioether (sulfide) groups is 1. The van der Waals surface area contributed by atoms with Crippen LogP contribution < -0.4 is 0 Å². The molecule has 1 aromatic carbocycles. The first-order valence-electron chi connectivity index (χ1n) is 7.41. The van der Waals surface area contributed by atoms with Crippen LogP contribution in [0, 0.1) is 0 Å². The molecule has 5 heteroatoms. The quantitative estimate of drug-likeness (QED) is 0.870. The number of aromatic nitrogens is 1. The highest BCUT2D eigenvalue weighted by molar-refractivity contribution is 8.14. The molecule has 22 heavy (non-hydrogen) atoms. The maximum Gasteiger partial charge on any atom is 0.223 e. The smallest absolute Gasteiger partial charge is 0.223 e. The lowest BCUT2D eigenvalue weighted by molar-refractivity contribution is -0.127. The van der Waals surface area contributed by atoms with E-state index < -0.39 is 0 Å². The van der Waals surface area contributed by atoms with Gasteiger partial charge in [-0.25, -0.2) is 0 Å². The van der Waals surface area contributed by atoms with Crippen molar-refractivity contribution < 1.29 is 9.59 Å². The molecule has 1 atom stereocenters. The first-order chi connectivity index (χ1) is 10.6. The molecule has 0 bridgehead atoms. The summed E-state index contributed by atoms with van der Waals surface area (Å²) in [4.78, 5) is 29.4. The molecule has 114 valence electrons. The Kier molecular flexibility index (Phi) is 4.43. The first kappa shape index (κ1) is 15.0. The minimum absolute atomic E-state index is 0.0831. The zero-order chi connectivity index (χ0) is 15.5. The van der Waals surface area contributed by atoms with Crippen LogP contribution in [0.1, 0.15) is 18.9 Å². The van der Waals surface area contributed by atoms with Crippen LogP contribution in [-0.4, -0.2) is 39.2 Å². The second kappa shape index (κ2) is 6.48. The van der Waals surface area contributed by atoms with Crippen LogP contribution in [0.2, 0.25) is 0 Å². The molecular formula is C17H18N2O2S. The molecule has 0 spiro atoms. The van der Waals surface area contributed by atoms with Gasteiger partial charge in [0.05, 0.1) is 5.52 Å². The summed E-state index contributed by atoms with van der Waals surface area (Å²) in [7, 11) is 0. The Labute approximate surface area is 133 Å². The predicted octanol–water partition coefficient (Wildman–Crippen LogP) is 2.66. The second-order valence-electron chi connectivity index (χ2n) is 5.51. The molecule has 1 aliphatic heterocycles. The van der Waals surface area contributed by atoms with Gasteiger partial charge in [0.1, 0.15) is 0 Å². The molecule has 3 rings (SSSR count). The van der Waals surface area contributed by atoms with Crippen molar-refractivity contribution in [3.8, 4) is 0 Å². The molecule has 1 unspecified atom stereocenters. The molecule has 4 nitrogen and oxygen atoms in total. The number of likely N-dealkylation sites (tertiary alicyclic amines) is 1. The van der Waals surface area contributed by atoms with Crippen molar-refractivity contribution in [2.45, 2.75) is 25.0 Å². The highest BCUT2D eigenvalue weighted by Gasteiger charge is 2.30. The molecule has 2 heterocycles. The van der Waals surface area contributed by atoms with Crippen molar-refractivity contribution in [2.24, 2.45) is 0 Å². The van der Waals surface area contributed by atoms with Crippen molar-refractivity contribution in [2.75, 3.05) is 13.1 Å². The van der Waals surface area contributed by atoms with Gasteiger partial charge in [0, 0.05) is 43.3 Å². The van der Waals surface area contributed by atoms with Gasteiger partial charge in [-0.15, -0.1) is 0 Å². The molecule has 1 aromatic heterocycles. The lowest BCUT2D eigenvalue weighted by atomic mass is 10.1. The van der Waals surface area contributed by atoms with E-state index in [0.29, 0.717) is 19.5 Å². The van der Waals surface area contributed by atoms with Gasteiger partial charge in [-0.2, -0.15) is 0 Å². The van der Waals surface area contributed by atoms with E-state index >= 15 is 0 Å². The van der Waals surface area contributed by atoms with Crippen LogP contribution >= 0.6 is 11.8 Å². The second-order valence-corrected chi connectivity index (χ2v) is 6.99. The number of pyridine rings is 1. The Hall–Kier alpha value is -1.88. The lowest BCUT2D eigenvalue weighted by Gasteiger charge is -2.16. The van der Waals surface area contributed by atoms with Gasteiger partial charge in [0.15, 0.2) is 5.12 Å². The lowest BCUT2D eigenvalue weighted by Crippen LogP contribution is -2.28. The topological polar surface area (TPSA) is 50.3 Å². The third-order valence-corrected chi connectivity index (χ3v) is 4.88. The molecule has 0 aliphatic carbocycles. The summed E-state index contributed by atoms with van der Waals surface area (Å²) in [5.74, 6) is 0.150. The number of fused-ring (bicyclic) bond motifs is 1. The fourth-order valence-corrected chi connectivity index (χ4v) is 3.86. The molecule has 1 amide bonds. The van der Waals surface area contributed by atoms with Gasteiger partial charge in [-0.05, 0) is 24.1 Å². The third-order valence-electron chi connectivity index (χ3n) is 3.90. The average molecular weight is 314 g/mol. The summed E-state index contributed by atoms with van der Waals surface area (Å²) in [5, 5.41) is 1.34. The molecule has 1 aliphatic rings. The average Bonchev–Trinajstić information content (AvgIpc) is 2.84. The summed E-state index contributed by atoms with van der Waals surface area (Å²) in [6, 6.07) is 10.1. The van der Waals surface area contributed by atoms with Crippen molar-refractivity contribution in [3.05, 3.63) is 42.1 Å². The van der Waals surface area contributed by atoms with Gasteiger partial charge < -0.3 is 4.90 Å². The molecule has 2 aromatic rings. The highest BCUT2D eigenvalue weighted by Crippen LogP contribution is 2.25. The van der Waals surface area contributed by atoms with Crippen LogP contribution in [0.15, 0.2) is 36.5 Å². The molecule has 0 saturated carbocycles. The minimum atomic E-state index is 0.0831. The Morgan fingerprint density at radius 2 is 2.23 bits per heavy atom. The third kappa shape index (κ3) is 3.30. The minimum Gasteiger partial charge on any atom is -0.341 e. The number of nitrogens with zero attached hydrogens (tertiary/aromatic N) is 2. The van der Waals surface area contributed by atoms with E-state index in [1.807, 2.05) is 23.1 Å². The zero-order valence-electron chi connectivity index (χ0n) is 12.5. The summed E-state index contributed by atoms with van der Waals surface area (Å²) < 4.78 is 0. The Morgan fingerprint density at radius 3 is 3.05 bits per heavy atom. The number of benzene rings is 1. The van der Waals surface area contributed by atoms with Crippen LogP contribution in [0.3, 0.4) is 0 Å². The van der Waals surface area contributed by atoms with E-state index in [9.17, 15) is 9.59 Å². The number of carbonyl (C=O) groups excluding carboxylic acids is 2. The fraction of sp³-hybridized carbons (Fsp3) is 0.353. The van der Waals surface area contributed by atoms with Gasteiger partial charge in [0.25, 0.3) is 0 Å². The SMILES string of the molecule is CC(=O)SC1CC(=O)N(CCc2cccc3ncccc23)C1. The standard InChI is InChI=1S/C17H18N2O2S/c1-12(20)22-14-10-17(21)19(11-14)9-7-13-4-2-6-16-15(13)5-3-8-18-16/h2-6,8,14H,7,9-11H2,1H3. The molecular weight excluding hydrogens is 296 g/mol. The summed E-state index contributed by atoms with van der Waals surface area (Å²) >= 11 is 1.28. The van der Waals surface area contributed by atoms with E-state index in [1.165, 1.54) is 17.3 Å². The van der Waals surface area contributed by atoms with Crippen molar-refractivity contribution in [1.82, 2.24) is 9.88 Å². The maximum absolute atomic E-state index is 12.0. The van der Waals surface area contributed by atoms with Gasteiger partial charge in [-0.1, -0.05) is 30.0 Å². The zero-order valence-corrected chi connectivity index (χ0v) is 13.3. The maximum atomic E-state index is 12.0. The van der Waals surface area contributed by atoms with Crippen LogP contribution in [-0.2, 0) is 16.0 Å². The van der Waals surface area contributed by atoms with Gasteiger partial charge in [0.2, 0.25) is 5.91 Å². The number of carbonyl (C=O) groups is 2. The van der Waals surface area contributed by atoms with Crippen LogP contribution in [0.25, 0.3) is 10.9 Å². The van der Waals surface area contributed by atoms with E-state index in [0.717, 1.165) is 17.3 Å². The molecule has 1 fully saturated rings. The van der Waals surface area contributed by atoms with E-state index in [2.05, 4.69) is 17.1 Å². The first-order valence-corrected chi connectivity index (χ1v) is 8.29. The summed E-state index contributed by atoms with van der Waals surface area (Å²) in [5.41, 5.74) is 2.19. The molecule has 0 N–H and O–H groups in total. The largest absolute Gasteiger partial charge is 0.341 e. The number of amides is 1. The van der Waals surface area contributed by atoms with Gasteiger partial charge >= 0.3 is 0 Å². The van der Waals surface area contributed by atoms with Crippen molar-refractivity contribution in [3.63, 3.8) is 0 Å². The van der Waals surface area contributed by atoms with E-state index in [1.54, 1.807) is 13.1 Å². The summed E-state index contributed by atoms with van der Waals surface area (Å²) in [6.45, 7) is 2.93. The van der Waals surface area contributed by atoms with Crippen LogP contribution in [0.5, 0.6) is 0 Å². The Morgan fingerprint density at radius 1 is 1.36 bits per heavy atom. The van der Waals surface area contributed by atoms with E-state index in [-0.39, 0.29) is 16.3 Å². The fourth-order valence-electron chi connectivity index (χ4n) is 2.91.